The molecule has 0 radical (unpaired) electrons. The number of hydrogen-bond donors (Lipinski definition) is 0. The molecule has 7 nitrogen and oxygen atoms in total. The largest absolute Gasteiger partial charge is 0.437 e. The van der Waals surface area contributed by atoms with Crippen molar-refractivity contribution >= 4 is 16.8 Å². The molecule has 172 valence electrons. The lowest BCUT2D eigenvalue weighted by Crippen LogP contribution is -2.36. The lowest BCUT2D eigenvalue weighted by Gasteiger charge is -2.24. The SMILES string of the molecule is Cc1ccc(Oc2ncccc2C(=O)N2CCOCC(Cc3ccc4ncccc4c3)C2)cn1. The van der Waals surface area contributed by atoms with Crippen molar-refractivity contribution in [3.8, 4) is 11.6 Å². The Morgan fingerprint density at radius 3 is 2.85 bits per heavy atom. The molecule has 1 amide bonds. The minimum absolute atomic E-state index is 0.110. The zero-order valence-electron chi connectivity index (χ0n) is 19.1. The molecular formula is C27H26N4O3. The molecule has 1 unspecified atom stereocenters. The molecule has 0 saturated carbocycles. The maximum atomic E-state index is 13.5. The van der Waals surface area contributed by atoms with Crippen molar-refractivity contribution in [1.29, 1.82) is 0 Å². The number of ether oxygens (including phenoxy) is 2. The van der Waals surface area contributed by atoms with E-state index in [1.165, 1.54) is 5.56 Å². The number of carbonyl (C=O) groups is 1. The number of rotatable bonds is 5. The zero-order chi connectivity index (χ0) is 23.3. The van der Waals surface area contributed by atoms with E-state index in [1.807, 2.05) is 36.1 Å². The Morgan fingerprint density at radius 1 is 1.09 bits per heavy atom. The standard InChI is InChI=1S/C27H26N4O3/c1-19-6-8-23(16-30-19)34-26-24(5-3-11-29-26)27(32)31-12-13-33-18-21(17-31)14-20-7-9-25-22(15-20)4-2-10-28-25/h2-11,15-16,21H,12-14,17-18H2,1H3. The Kier molecular flexibility index (Phi) is 6.44. The smallest absolute Gasteiger partial charge is 0.259 e. The summed E-state index contributed by atoms with van der Waals surface area (Å²) in [4.78, 5) is 28.3. The Labute approximate surface area is 198 Å². The van der Waals surface area contributed by atoms with Gasteiger partial charge in [0.1, 0.15) is 11.3 Å². The molecule has 34 heavy (non-hydrogen) atoms. The van der Waals surface area contributed by atoms with Gasteiger partial charge in [0.2, 0.25) is 5.88 Å². The second kappa shape index (κ2) is 9.97. The first kappa shape index (κ1) is 22.0. The molecule has 0 aliphatic carbocycles. The highest BCUT2D eigenvalue weighted by atomic mass is 16.5. The van der Waals surface area contributed by atoms with Gasteiger partial charge < -0.3 is 14.4 Å². The molecule has 1 fully saturated rings. The fourth-order valence-electron chi connectivity index (χ4n) is 4.21. The molecule has 1 saturated heterocycles. The first-order valence-electron chi connectivity index (χ1n) is 11.4. The van der Waals surface area contributed by atoms with Crippen LogP contribution in [0.25, 0.3) is 10.9 Å². The van der Waals surface area contributed by atoms with Gasteiger partial charge in [-0.05, 0) is 61.4 Å². The van der Waals surface area contributed by atoms with Gasteiger partial charge in [-0.3, -0.25) is 14.8 Å². The third kappa shape index (κ3) is 5.05. The molecule has 0 spiro atoms. The highest BCUT2D eigenvalue weighted by Gasteiger charge is 2.26. The molecule has 4 aromatic rings. The second-order valence-electron chi connectivity index (χ2n) is 8.52. The normalized spacial score (nSPS) is 16.3. The summed E-state index contributed by atoms with van der Waals surface area (Å²) in [5.74, 6) is 0.896. The molecule has 1 aromatic carbocycles. The van der Waals surface area contributed by atoms with Crippen LogP contribution in [0, 0.1) is 12.8 Å². The molecule has 4 heterocycles. The number of amides is 1. The van der Waals surface area contributed by atoms with Crippen LogP contribution >= 0.6 is 0 Å². The van der Waals surface area contributed by atoms with Crippen molar-refractivity contribution in [3.05, 3.63) is 90.0 Å². The van der Waals surface area contributed by atoms with Crippen molar-refractivity contribution < 1.29 is 14.3 Å². The van der Waals surface area contributed by atoms with Crippen LogP contribution < -0.4 is 4.74 Å². The lowest BCUT2D eigenvalue weighted by molar-refractivity contribution is 0.0734. The summed E-state index contributed by atoms with van der Waals surface area (Å²) in [5, 5.41) is 1.12. The van der Waals surface area contributed by atoms with Gasteiger partial charge >= 0.3 is 0 Å². The van der Waals surface area contributed by atoms with Crippen molar-refractivity contribution in [1.82, 2.24) is 19.9 Å². The molecule has 1 aliphatic rings. The molecular weight excluding hydrogens is 428 g/mol. The number of hydrogen-bond acceptors (Lipinski definition) is 6. The summed E-state index contributed by atoms with van der Waals surface area (Å²) in [6.45, 7) is 4.15. The molecule has 0 bridgehead atoms. The fraction of sp³-hybridized carbons (Fsp3) is 0.259. The number of aryl methyl sites for hydroxylation is 1. The Balaban J connectivity index is 1.33. The van der Waals surface area contributed by atoms with Gasteiger partial charge in [-0.15, -0.1) is 0 Å². The van der Waals surface area contributed by atoms with Gasteiger partial charge in [0, 0.05) is 42.5 Å². The van der Waals surface area contributed by atoms with Crippen molar-refractivity contribution in [2.75, 3.05) is 26.3 Å². The van der Waals surface area contributed by atoms with E-state index in [2.05, 4.69) is 33.2 Å². The van der Waals surface area contributed by atoms with E-state index in [0.717, 1.165) is 23.0 Å². The first-order valence-corrected chi connectivity index (χ1v) is 11.4. The fourth-order valence-corrected chi connectivity index (χ4v) is 4.21. The molecule has 5 rings (SSSR count). The molecule has 7 heteroatoms. The van der Waals surface area contributed by atoms with Gasteiger partial charge in [-0.25, -0.2) is 4.98 Å². The minimum atomic E-state index is -0.110. The van der Waals surface area contributed by atoms with Crippen molar-refractivity contribution in [2.45, 2.75) is 13.3 Å². The number of nitrogens with zero attached hydrogens (tertiary/aromatic N) is 4. The van der Waals surface area contributed by atoms with Gasteiger partial charge in [0.05, 0.1) is 24.9 Å². The van der Waals surface area contributed by atoms with E-state index in [9.17, 15) is 4.79 Å². The quantitative estimate of drug-likeness (QED) is 0.443. The van der Waals surface area contributed by atoms with Crippen LogP contribution in [0.3, 0.4) is 0 Å². The number of carbonyl (C=O) groups excluding carboxylic acids is 1. The lowest BCUT2D eigenvalue weighted by atomic mass is 9.98. The van der Waals surface area contributed by atoms with Gasteiger partial charge in [0.25, 0.3) is 5.91 Å². The number of pyridine rings is 3. The van der Waals surface area contributed by atoms with Crippen molar-refractivity contribution in [3.63, 3.8) is 0 Å². The maximum Gasteiger partial charge on any atom is 0.259 e. The van der Waals surface area contributed by atoms with Crippen LogP contribution in [-0.4, -0.2) is 52.1 Å². The van der Waals surface area contributed by atoms with E-state index in [0.29, 0.717) is 37.6 Å². The Morgan fingerprint density at radius 2 is 1.97 bits per heavy atom. The molecule has 3 aromatic heterocycles. The summed E-state index contributed by atoms with van der Waals surface area (Å²) in [6.07, 6.45) is 5.88. The van der Waals surface area contributed by atoms with Crippen LogP contribution in [0.5, 0.6) is 11.6 Å². The van der Waals surface area contributed by atoms with Crippen LogP contribution in [0.4, 0.5) is 0 Å². The maximum absolute atomic E-state index is 13.5. The average molecular weight is 455 g/mol. The van der Waals surface area contributed by atoms with Gasteiger partial charge in [-0.1, -0.05) is 12.1 Å². The van der Waals surface area contributed by atoms with E-state index >= 15 is 0 Å². The van der Waals surface area contributed by atoms with Gasteiger partial charge in [0.15, 0.2) is 0 Å². The van der Waals surface area contributed by atoms with Crippen LogP contribution in [0.15, 0.2) is 73.2 Å². The summed E-state index contributed by atoms with van der Waals surface area (Å²) >= 11 is 0. The Bertz CT molecular complexity index is 1290. The van der Waals surface area contributed by atoms with E-state index in [-0.39, 0.29) is 17.7 Å². The summed E-state index contributed by atoms with van der Waals surface area (Å²) < 4.78 is 11.8. The van der Waals surface area contributed by atoms with Gasteiger partial charge in [-0.2, -0.15) is 0 Å². The third-order valence-corrected chi connectivity index (χ3v) is 5.92. The minimum Gasteiger partial charge on any atom is -0.437 e. The first-order chi connectivity index (χ1) is 16.7. The number of benzene rings is 1. The predicted octanol–water partition coefficient (Wildman–Crippen LogP) is 4.46. The highest BCUT2D eigenvalue weighted by molar-refractivity contribution is 5.96. The van der Waals surface area contributed by atoms with E-state index in [1.54, 1.807) is 30.7 Å². The third-order valence-electron chi connectivity index (χ3n) is 5.92. The van der Waals surface area contributed by atoms with E-state index < -0.39 is 0 Å². The van der Waals surface area contributed by atoms with Crippen LogP contribution in [0.2, 0.25) is 0 Å². The topological polar surface area (TPSA) is 77.4 Å². The zero-order valence-corrected chi connectivity index (χ0v) is 19.1. The van der Waals surface area contributed by atoms with E-state index in [4.69, 9.17) is 9.47 Å². The highest BCUT2D eigenvalue weighted by Crippen LogP contribution is 2.25. The molecule has 1 aliphatic heterocycles. The predicted molar refractivity (Wildman–Crippen MR) is 129 cm³/mol. The summed E-state index contributed by atoms with van der Waals surface area (Å²) in [5.41, 5.74) is 3.51. The molecule has 0 N–H and O–H groups in total. The van der Waals surface area contributed by atoms with Crippen LogP contribution in [-0.2, 0) is 11.2 Å². The van der Waals surface area contributed by atoms with Crippen LogP contribution in [0.1, 0.15) is 21.6 Å². The average Bonchev–Trinajstić information content (AvgIpc) is 3.11. The number of fused-ring (bicyclic) bond motifs is 1. The monoisotopic (exact) mass is 454 g/mol. The number of aromatic nitrogens is 3. The molecule has 1 atom stereocenters. The summed E-state index contributed by atoms with van der Waals surface area (Å²) in [7, 11) is 0. The van der Waals surface area contributed by atoms with Crippen molar-refractivity contribution in [2.24, 2.45) is 5.92 Å². The summed E-state index contributed by atoms with van der Waals surface area (Å²) in [6, 6.07) is 17.5. The second-order valence-corrected chi connectivity index (χ2v) is 8.52. The Hall–Kier alpha value is -3.84.